The monoisotopic (exact) mass is 303 g/mol. The van der Waals surface area contributed by atoms with E-state index in [1.165, 1.54) is 5.56 Å². The predicted molar refractivity (Wildman–Crippen MR) is 89.1 cm³/mol. The van der Waals surface area contributed by atoms with Crippen LogP contribution in [0.2, 0.25) is 0 Å². The van der Waals surface area contributed by atoms with Gasteiger partial charge in [0.1, 0.15) is 0 Å². The first-order chi connectivity index (χ1) is 10.3. The minimum atomic E-state index is 0.654. The number of hydrogen-bond donors (Lipinski definition) is 1. The standard InChI is InChI=1S/C16H21N3OS/c1-3-4-8-20-11-15-7-5-6-14(9-15)10-17-19-16-18-13(2)12-21-16/h5-7,9-10,12H,3-4,8,11H2,1-2H3,(H,18,19). The first-order valence-corrected chi connectivity index (χ1v) is 8.04. The fourth-order valence-electron chi connectivity index (χ4n) is 1.77. The second-order valence-corrected chi connectivity index (χ2v) is 5.67. The highest BCUT2D eigenvalue weighted by atomic mass is 32.1. The van der Waals surface area contributed by atoms with Gasteiger partial charge in [0, 0.05) is 12.0 Å². The van der Waals surface area contributed by atoms with Gasteiger partial charge in [0.05, 0.1) is 18.5 Å². The minimum absolute atomic E-state index is 0.654. The van der Waals surface area contributed by atoms with E-state index < -0.39 is 0 Å². The number of unbranched alkanes of at least 4 members (excludes halogenated alkanes) is 1. The first-order valence-electron chi connectivity index (χ1n) is 7.16. The van der Waals surface area contributed by atoms with Crippen molar-refractivity contribution in [2.75, 3.05) is 12.0 Å². The lowest BCUT2D eigenvalue weighted by Crippen LogP contribution is -1.96. The lowest BCUT2D eigenvalue weighted by atomic mass is 10.1. The fraction of sp³-hybridized carbons (Fsp3) is 0.375. The van der Waals surface area contributed by atoms with E-state index in [-0.39, 0.29) is 0 Å². The molecule has 1 aromatic heterocycles. The molecule has 21 heavy (non-hydrogen) atoms. The Morgan fingerprint density at radius 1 is 1.43 bits per heavy atom. The number of nitrogens with zero attached hydrogens (tertiary/aromatic N) is 2. The molecule has 0 radical (unpaired) electrons. The van der Waals surface area contributed by atoms with Gasteiger partial charge in [-0.3, -0.25) is 5.43 Å². The molecule has 0 aliphatic carbocycles. The molecule has 0 amide bonds. The molecule has 112 valence electrons. The summed E-state index contributed by atoms with van der Waals surface area (Å²) in [5.74, 6) is 0. The van der Waals surface area contributed by atoms with Crippen LogP contribution in [0.5, 0.6) is 0 Å². The third-order valence-corrected chi connectivity index (χ3v) is 3.72. The zero-order valence-corrected chi connectivity index (χ0v) is 13.3. The van der Waals surface area contributed by atoms with Crippen molar-refractivity contribution in [2.45, 2.75) is 33.3 Å². The Morgan fingerprint density at radius 2 is 2.33 bits per heavy atom. The topological polar surface area (TPSA) is 46.5 Å². The maximum Gasteiger partial charge on any atom is 0.203 e. The summed E-state index contributed by atoms with van der Waals surface area (Å²) in [4.78, 5) is 4.29. The van der Waals surface area contributed by atoms with E-state index in [4.69, 9.17) is 4.74 Å². The van der Waals surface area contributed by atoms with E-state index in [9.17, 15) is 0 Å². The van der Waals surface area contributed by atoms with Gasteiger partial charge in [-0.25, -0.2) is 4.98 Å². The summed E-state index contributed by atoms with van der Waals surface area (Å²) in [5, 5.41) is 7.01. The first kappa shape index (κ1) is 15.7. The van der Waals surface area contributed by atoms with Crippen molar-refractivity contribution in [3.8, 4) is 0 Å². The Balaban J connectivity index is 1.85. The molecule has 5 heteroatoms. The van der Waals surface area contributed by atoms with Crippen LogP contribution in [0.3, 0.4) is 0 Å². The second kappa shape index (κ2) is 8.54. The minimum Gasteiger partial charge on any atom is -0.377 e. The van der Waals surface area contributed by atoms with Crippen LogP contribution in [0.25, 0.3) is 0 Å². The number of nitrogens with one attached hydrogen (secondary N) is 1. The molecule has 0 bridgehead atoms. The molecule has 1 N–H and O–H groups in total. The average Bonchev–Trinajstić information content (AvgIpc) is 2.90. The van der Waals surface area contributed by atoms with Gasteiger partial charge in [0.25, 0.3) is 0 Å². The van der Waals surface area contributed by atoms with Crippen LogP contribution in [0, 0.1) is 6.92 Å². The molecule has 0 spiro atoms. The summed E-state index contributed by atoms with van der Waals surface area (Å²) in [6, 6.07) is 8.20. The molecule has 0 atom stereocenters. The van der Waals surface area contributed by atoms with E-state index >= 15 is 0 Å². The number of thiazole rings is 1. The molecule has 0 saturated heterocycles. The maximum atomic E-state index is 5.62. The molecule has 4 nitrogen and oxygen atoms in total. The third-order valence-electron chi connectivity index (χ3n) is 2.85. The van der Waals surface area contributed by atoms with Crippen molar-refractivity contribution in [3.05, 3.63) is 46.5 Å². The number of anilines is 1. The fourth-order valence-corrected chi connectivity index (χ4v) is 2.40. The summed E-state index contributed by atoms with van der Waals surface area (Å²) in [6.07, 6.45) is 4.07. The van der Waals surface area contributed by atoms with E-state index in [0.29, 0.717) is 6.61 Å². The van der Waals surface area contributed by atoms with Crippen LogP contribution in [0.15, 0.2) is 34.7 Å². The van der Waals surface area contributed by atoms with Crippen LogP contribution in [-0.4, -0.2) is 17.8 Å². The second-order valence-electron chi connectivity index (χ2n) is 4.82. The van der Waals surface area contributed by atoms with Gasteiger partial charge in [-0.2, -0.15) is 5.10 Å². The molecule has 1 aromatic carbocycles. The number of aryl methyl sites for hydroxylation is 1. The van der Waals surface area contributed by atoms with Gasteiger partial charge in [-0.1, -0.05) is 31.5 Å². The molecule has 1 heterocycles. The van der Waals surface area contributed by atoms with Crippen molar-refractivity contribution in [1.29, 1.82) is 0 Å². The number of hydrazone groups is 1. The summed E-state index contributed by atoms with van der Waals surface area (Å²) in [6.45, 7) is 5.60. The van der Waals surface area contributed by atoms with Crippen LogP contribution < -0.4 is 5.43 Å². The van der Waals surface area contributed by atoms with Crippen molar-refractivity contribution in [3.63, 3.8) is 0 Å². The normalized spacial score (nSPS) is 11.1. The number of hydrogen-bond acceptors (Lipinski definition) is 5. The Labute approximate surface area is 129 Å². The van der Waals surface area contributed by atoms with Gasteiger partial charge in [-0.15, -0.1) is 11.3 Å². The molecular formula is C16H21N3OS. The summed E-state index contributed by atoms with van der Waals surface area (Å²) in [5.41, 5.74) is 6.16. The zero-order chi connectivity index (χ0) is 14.9. The van der Waals surface area contributed by atoms with E-state index in [1.54, 1.807) is 17.6 Å². The number of benzene rings is 1. The van der Waals surface area contributed by atoms with E-state index in [1.807, 2.05) is 24.4 Å². The summed E-state index contributed by atoms with van der Waals surface area (Å²) >= 11 is 1.55. The van der Waals surface area contributed by atoms with Crippen LogP contribution in [-0.2, 0) is 11.3 Å². The smallest absolute Gasteiger partial charge is 0.203 e. The van der Waals surface area contributed by atoms with Crippen molar-refractivity contribution < 1.29 is 4.74 Å². The third kappa shape index (κ3) is 5.65. The summed E-state index contributed by atoms with van der Waals surface area (Å²) < 4.78 is 5.62. The van der Waals surface area contributed by atoms with Crippen LogP contribution in [0.4, 0.5) is 5.13 Å². The highest BCUT2D eigenvalue weighted by Gasteiger charge is 1.96. The van der Waals surface area contributed by atoms with Gasteiger partial charge in [0.15, 0.2) is 0 Å². The number of ether oxygens (including phenoxy) is 1. The van der Waals surface area contributed by atoms with E-state index in [0.717, 1.165) is 35.8 Å². The largest absolute Gasteiger partial charge is 0.377 e. The zero-order valence-electron chi connectivity index (χ0n) is 12.5. The summed E-state index contributed by atoms with van der Waals surface area (Å²) in [7, 11) is 0. The molecule has 2 rings (SSSR count). The molecule has 0 saturated carbocycles. The Kier molecular flexibility index (Phi) is 6.37. The Hall–Kier alpha value is -1.72. The number of aromatic nitrogens is 1. The van der Waals surface area contributed by atoms with Gasteiger partial charge in [0.2, 0.25) is 5.13 Å². The van der Waals surface area contributed by atoms with Crippen LogP contribution >= 0.6 is 11.3 Å². The van der Waals surface area contributed by atoms with Gasteiger partial charge < -0.3 is 4.74 Å². The van der Waals surface area contributed by atoms with Gasteiger partial charge in [-0.05, 0) is 30.5 Å². The maximum absolute atomic E-state index is 5.62. The lowest BCUT2D eigenvalue weighted by Gasteiger charge is -2.04. The quantitative estimate of drug-likeness (QED) is 0.451. The lowest BCUT2D eigenvalue weighted by molar-refractivity contribution is 0.118. The van der Waals surface area contributed by atoms with E-state index in [2.05, 4.69) is 34.6 Å². The van der Waals surface area contributed by atoms with Crippen molar-refractivity contribution >= 4 is 22.7 Å². The Morgan fingerprint density at radius 3 is 3.10 bits per heavy atom. The molecule has 2 aromatic rings. The number of rotatable bonds is 8. The molecule has 0 unspecified atom stereocenters. The highest BCUT2D eigenvalue weighted by molar-refractivity contribution is 7.13. The molecule has 0 aliphatic heterocycles. The molecule has 0 fully saturated rings. The SMILES string of the molecule is CCCCOCc1cccc(C=NNc2nc(C)cs2)c1. The van der Waals surface area contributed by atoms with Crippen molar-refractivity contribution in [2.24, 2.45) is 5.10 Å². The average molecular weight is 303 g/mol. The predicted octanol–water partition coefficient (Wildman–Crippen LogP) is 4.21. The van der Waals surface area contributed by atoms with Crippen LogP contribution in [0.1, 0.15) is 36.6 Å². The van der Waals surface area contributed by atoms with Gasteiger partial charge >= 0.3 is 0 Å². The molecule has 0 aliphatic rings. The molecular weight excluding hydrogens is 282 g/mol. The highest BCUT2D eigenvalue weighted by Crippen LogP contribution is 2.14. The Bertz CT molecular complexity index is 580. The van der Waals surface area contributed by atoms with Crippen molar-refractivity contribution in [1.82, 2.24) is 4.98 Å².